The third kappa shape index (κ3) is 2.75. The Kier molecular flexibility index (Phi) is 3.90. The Balaban J connectivity index is 2.80. The predicted octanol–water partition coefficient (Wildman–Crippen LogP) is 1.05. The fourth-order valence-corrected chi connectivity index (χ4v) is 2.15. The molecule has 0 saturated carbocycles. The van der Waals surface area contributed by atoms with Crippen molar-refractivity contribution in [2.45, 2.75) is 45.8 Å². The molecule has 0 aliphatic carbocycles. The lowest BCUT2D eigenvalue weighted by Crippen LogP contribution is -2.46. The van der Waals surface area contributed by atoms with Crippen LogP contribution >= 0.6 is 0 Å². The van der Waals surface area contributed by atoms with Gasteiger partial charge in [-0.2, -0.15) is 0 Å². The molecule has 1 saturated heterocycles. The van der Waals surface area contributed by atoms with E-state index < -0.39 is 29.1 Å². The zero-order valence-corrected chi connectivity index (χ0v) is 11.4. The van der Waals surface area contributed by atoms with Gasteiger partial charge < -0.3 is 20.5 Å². The molecule has 18 heavy (non-hydrogen) atoms. The van der Waals surface area contributed by atoms with Gasteiger partial charge in [-0.3, -0.25) is 4.79 Å². The fraction of sp³-hybridized carbons (Fsp3) is 0.833. The van der Waals surface area contributed by atoms with E-state index in [4.69, 9.17) is 10.5 Å². The Hall–Kier alpha value is -1.30. The van der Waals surface area contributed by atoms with Crippen LogP contribution in [0.2, 0.25) is 0 Å². The van der Waals surface area contributed by atoms with Gasteiger partial charge in [-0.25, -0.2) is 4.79 Å². The molecular weight excluding hydrogens is 236 g/mol. The maximum Gasteiger partial charge on any atom is 0.410 e. The molecule has 0 bridgehead atoms. The number of carbonyl (C=O) groups is 2. The number of hydrogen-bond acceptors (Lipinski definition) is 4. The SMILES string of the molecule is CC[C@]1(C(=O)O)CN(C(=O)OC(C)(C)C)C[C@@H]1N. The van der Waals surface area contributed by atoms with Crippen LogP contribution in [0.25, 0.3) is 0 Å². The second kappa shape index (κ2) is 4.76. The van der Waals surface area contributed by atoms with Gasteiger partial charge in [0.1, 0.15) is 11.0 Å². The molecule has 6 heteroatoms. The first-order valence-electron chi connectivity index (χ1n) is 6.09. The number of likely N-dealkylation sites (tertiary alicyclic amines) is 1. The molecule has 0 spiro atoms. The minimum atomic E-state index is -1.06. The number of nitrogens with two attached hydrogens (primary N) is 1. The fourth-order valence-electron chi connectivity index (χ4n) is 2.15. The van der Waals surface area contributed by atoms with E-state index in [0.717, 1.165) is 0 Å². The van der Waals surface area contributed by atoms with Gasteiger partial charge in [0.25, 0.3) is 0 Å². The highest BCUT2D eigenvalue weighted by atomic mass is 16.6. The van der Waals surface area contributed by atoms with Crippen molar-refractivity contribution < 1.29 is 19.4 Å². The Bertz CT molecular complexity index is 350. The molecule has 0 aromatic carbocycles. The molecule has 3 N–H and O–H groups in total. The molecule has 1 heterocycles. The Morgan fingerprint density at radius 1 is 1.50 bits per heavy atom. The quantitative estimate of drug-likeness (QED) is 0.772. The molecule has 0 unspecified atom stereocenters. The summed E-state index contributed by atoms with van der Waals surface area (Å²) in [5.74, 6) is -0.955. The third-order valence-corrected chi connectivity index (χ3v) is 3.31. The molecule has 1 fully saturated rings. The van der Waals surface area contributed by atoms with Crippen LogP contribution in [0.4, 0.5) is 4.79 Å². The highest BCUT2D eigenvalue weighted by Gasteiger charge is 2.51. The number of nitrogens with zero attached hydrogens (tertiary/aromatic N) is 1. The van der Waals surface area contributed by atoms with E-state index in [2.05, 4.69) is 0 Å². The molecule has 1 aliphatic heterocycles. The van der Waals surface area contributed by atoms with E-state index in [9.17, 15) is 14.7 Å². The first-order valence-corrected chi connectivity index (χ1v) is 6.09. The van der Waals surface area contributed by atoms with Crippen molar-refractivity contribution in [2.75, 3.05) is 13.1 Å². The van der Waals surface area contributed by atoms with Gasteiger partial charge in [0.05, 0.1) is 0 Å². The van der Waals surface area contributed by atoms with Crippen molar-refractivity contribution in [3.63, 3.8) is 0 Å². The van der Waals surface area contributed by atoms with E-state index in [-0.39, 0.29) is 13.1 Å². The van der Waals surface area contributed by atoms with Crippen LogP contribution < -0.4 is 5.73 Å². The second-order valence-corrected chi connectivity index (χ2v) is 5.78. The molecule has 0 aromatic rings. The summed E-state index contributed by atoms with van der Waals surface area (Å²) in [4.78, 5) is 24.6. The average molecular weight is 258 g/mol. The van der Waals surface area contributed by atoms with Crippen LogP contribution in [-0.2, 0) is 9.53 Å². The zero-order chi connectivity index (χ0) is 14.1. The van der Waals surface area contributed by atoms with Gasteiger partial charge in [-0.1, -0.05) is 6.92 Å². The van der Waals surface area contributed by atoms with Crippen LogP contribution in [0.3, 0.4) is 0 Å². The Labute approximate surface area is 107 Å². The molecule has 2 atom stereocenters. The smallest absolute Gasteiger partial charge is 0.410 e. The summed E-state index contributed by atoms with van der Waals surface area (Å²) in [6.07, 6.45) is -0.113. The van der Waals surface area contributed by atoms with Crippen molar-refractivity contribution in [2.24, 2.45) is 11.1 Å². The number of carboxylic acids is 1. The average Bonchev–Trinajstić information content (AvgIpc) is 2.54. The molecule has 1 aliphatic rings. The number of hydrogen-bond donors (Lipinski definition) is 2. The van der Waals surface area contributed by atoms with Gasteiger partial charge in [-0.15, -0.1) is 0 Å². The van der Waals surface area contributed by atoms with E-state index in [0.29, 0.717) is 6.42 Å². The molecule has 104 valence electrons. The highest BCUT2D eigenvalue weighted by Crippen LogP contribution is 2.34. The van der Waals surface area contributed by atoms with Crippen LogP contribution in [0.15, 0.2) is 0 Å². The van der Waals surface area contributed by atoms with Crippen LogP contribution in [0.1, 0.15) is 34.1 Å². The number of carbonyl (C=O) groups excluding carboxylic acids is 1. The van der Waals surface area contributed by atoms with Crippen molar-refractivity contribution in [1.29, 1.82) is 0 Å². The summed E-state index contributed by atoms with van der Waals surface area (Å²) in [5.41, 5.74) is 4.23. The van der Waals surface area contributed by atoms with E-state index >= 15 is 0 Å². The molecule has 1 amide bonds. The minimum absolute atomic E-state index is 0.106. The lowest BCUT2D eigenvalue weighted by atomic mass is 9.81. The monoisotopic (exact) mass is 258 g/mol. The maximum atomic E-state index is 11.9. The molecule has 6 nitrogen and oxygen atoms in total. The van der Waals surface area contributed by atoms with Crippen molar-refractivity contribution in [3.05, 3.63) is 0 Å². The number of amides is 1. The van der Waals surface area contributed by atoms with E-state index in [1.165, 1.54) is 4.90 Å². The van der Waals surface area contributed by atoms with Gasteiger partial charge in [0, 0.05) is 19.1 Å². The Morgan fingerprint density at radius 2 is 2.06 bits per heavy atom. The topological polar surface area (TPSA) is 92.9 Å². The minimum Gasteiger partial charge on any atom is -0.481 e. The van der Waals surface area contributed by atoms with Gasteiger partial charge in [0.15, 0.2) is 0 Å². The second-order valence-electron chi connectivity index (χ2n) is 5.78. The summed E-state index contributed by atoms with van der Waals surface area (Å²) < 4.78 is 5.23. The van der Waals surface area contributed by atoms with Gasteiger partial charge in [-0.05, 0) is 27.2 Å². The van der Waals surface area contributed by atoms with E-state index in [1.807, 2.05) is 0 Å². The zero-order valence-electron chi connectivity index (χ0n) is 11.4. The largest absolute Gasteiger partial charge is 0.481 e. The molecule has 0 aromatic heterocycles. The number of carboxylic acid groups (broad SMARTS) is 1. The van der Waals surface area contributed by atoms with E-state index in [1.54, 1.807) is 27.7 Å². The standard InChI is InChI=1S/C12H22N2O4/c1-5-12(9(15)16)7-14(6-8(12)13)10(17)18-11(2,3)4/h8H,5-7,13H2,1-4H3,(H,15,16)/t8-,12-/m0/s1. The first-order chi connectivity index (χ1) is 8.12. The Morgan fingerprint density at radius 3 is 2.39 bits per heavy atom. The molecular formula is C12H22N2O4. The molecule has 1 rings (SSSR count). The normalized spacial score (nSPS) is 28.3. The summed E-state index contributed by atoms with van der Waals surface area (Å²) in [5, 5.41) is 9.31. The lowest BCUT2D eigenvalue weighted by Gasteiger charge is -2.27. The summed E-state index contributed by atoms with van der Waals surface area (Å²) in [6, 6.07) is -0.562. The van der Waals surface area contributed by atoms with Crippen molar-refractivity contribution in [3.8, 4) is 0 Å². The summed E-state index contributed by atoms with van der Waals surface area (Å²) in [6.45, 7) is 7.40. The van der Waals surface area contributed by atoms with Gasteiger partial charge >= 0.3 is 12.1 Å². The number of ether oxygens (including phenoxy) is 1. The first kappa shape index (κ1) is 14.8. The van der Waals surface area contributed by atoms with Crippen molar-refractivity contribution >= 4 is 12.1 Å². The van der Waals surface area contributed by atoms with Crippen molar-refractivity contribution in [1.82, 2.24) is 4.90 Å². The summed E-state index contributed by atoms with van der Waals surface area (Å²) >= 11 is 0. The van der Waals surface area contributed by atoms with Crippen LogP contribution in [-0.4, -0.2) is 46.8 Å². The number of aliphatic carboxylic acids is 1. The number of rotatable bonds is 2. The summed E-state index contributed by atoms with van der Waals surface area (Å²) in [7, 11) is 0. The predicted molar refractivity (Wildman–Crippen MR) is 66.1 cm³/mol. The van der Waals surface area contributed by atoms with Crippen LogP contribution in [0.5, 0.6) is 0 Å². The van der Waals surface area contributed by atoms with Gasteiger partial charge in [0.2, 0.25) is 0 Å². The highest BCUT2D eigenvalue weighted by molar-refractivity contribution is 5.79. The van der Waals surface area contributed by atoms with Crippen LogP contribution in [0, 0.1) is 5.41 Å². The lowest BCUT2D eigenvalue weighted by molar-refractivity contribution is -0.149. The maximum absolute atomic E-state index is 11.9. The third-order valence-electron chi connectivity index (χ3n) is 3.31. The molecule has 0 radical (unpaired) electrons.